The largest absolute Gasteiger partial charge is 0.488 e. The highest BCUT2D eigenvalue weighted by molar-refractivity contribution is 7.13. The predicted octanol–water partition coefficient (Wildman–Crippen LogP) is 10.2. The van der Waals surface area contributed by atoms with Crippen LogP contribution in [-0.4, -0.2) is 41.1 Å². The first-order valence-corrected chi connectivity index (χ1v) is 21.9. The van der Waals surface area contributed by atoms with Gasteiger partial charge in [-0.15, -0.1) is 11.3 Å². The maximum Gasteiger partial charge on any atom is 0.438 e. The molecule has 0 aliphatic carbocycles. The van der Waals surface area contributed by atoms with E-state index in [1.54, 1.807) is 25.0 Å². The number of halogens is 6. The summed E-state index contributed by atoms with van der Waals surface area (Å²) in [5.41, 5.74) is -3.00. The molecular weight excluding hydrogens is 675 g/mol. The van der Waals surface area contributed by atoms with E-state index in [0.717, 1.165) is 28.0 Å². The first kappa shape index (κ1) is 41.1. The lowest BCUT2D eigenvalue weighted by molar-refractivity contribution is -0.343. The Morgan fingerprint density at radius 2 is 1.34 bits per heavy atom. The SMILES string of the molecule is CCC(=CC#CC(O)(C(F)(F)F)C(F)(F)F)c1ccc(COc2ccc(C(O[SiH](C)C)C(C)(C)C)c(C(O[SiH](C)C)C(C)(C)C)c2)s1. The molecule has 1 aromatic carbocycles. The molecule has 4 nitrogen and oxygen atoms in total. The van der Waals surface area contributed by atoms with Crippen LogP contribution in [0.4, 0.5) is 26.3 Å². The molecule has 0 saturated carbocycles. The number of allylic oxidation sites excluding steroid dienone is 2. The van der Waals surface area contributed by atoms with Crippen molar-refractivity contribution in [1.82, 2.24) is 0 Å². The zero-order valence-electron chi connectivity index (χ0n) is 29.0. The molecule has 2 aromatic rings. The number of alkyl halides is 6. The van der Waals surface area contributed by atoms with Gasteiger partial charge in [0.15, 0.2) is 18.1 Å². The minimum atomic E-state index is -6.00. The molecule has 0 aliphatic heterocycles. The fourth-order valence-electron chi connectivity index (χ4n) is 4.80. The molecule has 0 saturated heterocycles. The Hall–Kier alpha value is -2.09. The van der Waals surface area contributed by atoms with E-state index in [0.29, 0.717) is 22.6 Å². The number of aliphatic hydroxyl groups is 1. The van der Waals surface area contributed by atoms with Crippen molar-refractivity contribution in [3.8, 4) is 17.6 Å². The Bertz CT molecular complexity index is 1410. The van der Waals surface area contributed by atoms with Gasteiger partial charge >= 0.3 is 18.0 Å². The van der Waals surface area contributed by atoms with Crippen molar-refractivity contribution in [3.63, 3.8) is 0 Å². The second-order valence-corrected chi connectivity index (χ2v) is 20.1. The molecule has 0 aliphatic rings. The van der Waals surface area contributed by atoms with Crippen LogP contribution >= 0.6 is 11.3 Å². The maximum absolute atomic E-state index is 13.0. The molecule has 0 radical (unpaired) electrons. The lowest BCUT2D eigenvalue weighted by atomic mass is 9.77. The maximum atomic E-state index is 13.0. The zero-order chi connectivity index (χ0) is 36.2. The molecule has 47 heavy (non-hydrogen) atoms. The quantitative estimate of drug-likeness (QED) is 0.143. The number of hydrogen-bond donors (Lipinski definition) is 1. The van der Waals surface area contributed by atoms with Crippen LogP contribution < -0.4 is 4.74 Å². The van der Waals surface area contributed by atoms with Crippen molar-refractivity contribution in [2.24, 2.45) is 10.8 Å². The van der Waals surface area contributed by atoms with Crippen LogP contribution in [0.3, 0.4) is 0 Å². The van der Waals surface area contributed by atoms with Crippen molar-refractivity contribution in [2.75, 3.05) is 0 Å². The fourth-order valence-corrected chi connectivity index (χ4v) is 8.01. The third-order valence-electron chi connectivity index (χ3n) is 7.07. The van der Waals surface area contributed by atoms with Gasteiger partial charge in [0.2, 0.25) is 0 Å². The summed E-state index contributed by atoms with van der Waals surface area (Å²) >= 11 is 1.29. The van der Waals surface area contributed by atoms with Crippen LogP contribution in [0, 0.1) is 22.7 Å². The average molecular weight is 723 g/mol. The van der Waals surface area contributed by atoms with Crippen molar-refractivity contribution in [2.45, 2.75) is 118 Å². The predicted molar refractivity (Wildman–Crippen MR) is 183 cm³/mol. The van der Waals surface area contributed by atoms with E-state index in [4.69, 9.17) is 13.6 Å². The van der Waals surface area contributed by atoms with Gasteiger partial charge in [-0.25, -0.2) is 0 Å². The standard InChI is InChI=1S/C34H48F6O4SSi2/c1-12-22(14-13-19-32(41,33(35,36)37)34(38,39)40)27-18-16-24(45-27)21-42-23-15-17-25(28(30(2,3)4)43-46(8)9)26(20-23)29(31(5,6)7)44-47(10)11/h14-18,20,28-29,41,46-47H,12,21H2,1-11H3. The Balaban J connectivity index is 2.46. The van der Waals surface area contributed by atoms with E-state index in [-0.39, 0.29) is 29.6 Å². The van der Waals surface area contributed by atoms with Crippen LogP contribution in [0.5, 0.6) is 5.75 Å². The third-order valence-corrected chi connectivity index (χ3v) is 9.84. The summed E-state index contributed by atoms with van der Waals surface area (Å²) in [5, 5.41) is 9.31. The van der Waals surface area contributed by atoms with E-state index in [1.165, 1.54) is 11.3 Å². The Kier molecular flexibility index (Phi) is 13.7. The molecule has 0 amide bonds. The first-order valence-electron chi connectivity index (χ1n) is 15.6. The van der Waals surface area contributed by atoms with Gasteiger partial charge in [0.25, 0.3) is 0 Å². The van der Waals surface area contributed by atoms with Gasteiger partial charge in [-0.1, -0.05) is 60.5 Å². The Morgan fingerprint density at radius 3 is 1.79 bits per heavy atom. The summed E-state index contributed by atoms with van der Waals surface area (Å²) < 4.78 is 97.4. The second-order valence-electron chi connectivity index (χ2n) is 14.2. The summed E-state index contributed by atoms with van der Waals surface area (Å²) in [6.07, 6.45) is -11.1. The number of hydrogen-bond acceptors (Lipinski definition) is 5. The summed E-state index contributed by atoms with van der Waals surface area (Å²) in [6.45, 7) is 23.4. The minimum absolute atomic E-state index is 0.147. The van der Waals surface area contributed by atoms with Gasteiger partial charge < -0.3 is 18.7 Å². The highest BCUT2D eigenvalue weighted by Crippen LogP contribution is 2.46. The number of ether oxygens (including phenoxy) is 1. The van der Waals surface area contributed by atoms with Crippen molar-refractivity contribution in [1.29, 1.82) is 0 Å². The molecule has 1 aromatic heterocycles. The van der Waals surface area contributed by atoms with E-state index in [1.807, 2.05) is 12.1 Å². The summed E-state index contributed by atoms with van der Waals surface area (Å²) in [4.78, 5) is 1.41. The lowest BCUT2D eigenvalue weighted by Gasteiger charge is -2.39. The Morgan fingerprint density at radius 1 is 0.830 bits per heavy atom. The van der Waals surface area contributed by atoms with Crippen LogP contribution in [0.2, 0.25) is 26.2 Å². The van der Waals surface area contributed by atoms with Gasteiger partial charge in [0.1, 0.15) is 12.4 Å². The second kappa shape index (κ2) is 15.6. The molecule has 2 unspecified atom stereocenters. The highest BCUT2D eigenvalue weighted by Gasteiger charge is 2.70. The van der Waals surface area contributed by atoms with E-state index in [9.17, 15) is 31.4 Å². The minimum Gasteiger partial charge on any atom is -0.488 e. The number of rotatable bonds is 11. The van der Waals surface area contributed by atoms with Crippen LogP contribution in [0.1, 0.15) is 88.0 Å². The topological polar surface area (TPSA) is 47.9 Å². The van der Waals surface area contributed by atoms with Gasteiger partial charge in [-0.3, -0.25) is 0 Å². The van der Waals surface area contributed by atoms with Gasteiger partial charge in [0.05, 0.1) is 12.2 Å². The molecule has 1 N–H and O–H groups in total. The van der Waals surface area contributed by atoms with Crippen LogP contribution in [0.15, 0.2) is 36.4 Å². The Labute approximate surface area is 283 Å². The number of benzene rings is 1. The first-order chi connectivity index (χ1) is 21.3. The van der Waals surface area contributed by atoms with Gasteiger partial charge in [-0.05, 0) is 96.4 Å². The molecule has 13 heteroatoms. The summed E-state index contributed by atoms with van der Waals surface area (Å²) in [6, 6.07) is 9.50. The molecular formula is C34H48F6O4SSi2. The summed E-state index contributed by atoms with van der Waals surface area (Å²) in [7, 11) is -2.87. The molecule has 0 bridgehead atoms. The normalized spacial score (nSPS) is 15.1. The van der Waals surface area contributed by atoms with Crippen molar-refractivity contribution >= 4 is 35.0 Å². The average Bonchev–Trinajstić information content (AvgIpc) is 3.37. The fraction of sp³-hybridized carbons (Fsp3) is 0.588. The van der Waals surface area contributed by atoms with Crippen LogP contribution in [0.25, 0.3) is 5.57 Å². The van der Waals surface area contributed by atoms with E-state index >= 15 is 0 Å². The lowest BCUT2D eigenvalue weighted by Crippen LogP contribution is -2.55. The molecule has 2 rings (SSSR count). The highest BCUT2D eigenvalue weighted by atomic mass is 32.1. The molecule has 1 heterocycles. The molecule has 0 spiro atoms. The number of thiophene rings is 1. The van der Waals surface area contributed by atoms with Crippen LogP contribution in [-0.2, 0) is 15.5 Å². The third kappa shape index (κ3) is 11.0. The zero-order valence-corrected chi connectivity index (χ0v) is 32.2. The smallest absolute Gasteiger partial charge is 0.438 e. The van der Waals surface area contributed by atoms with Gasteiger partial charge in [0, 0.05) is 9.75 Å². The van der Waals surface area contributed by atoms with E-state index in [2.05, 4.69) is 73.8 Å². The van der Waals surface area contributed by atoms with Crippen molar-refractivity contribution in [3.05, 3.63) is 57.3 Å². The molecule has 0 fully saturated rings. The van der Waals surface area contributed by atoms with Gasteiger partial charge in [-0.2, -0.15) is 26.3 Å². The monoisotopic (exact) mass is 722 g/mol. The molecule has 2 atom stereocenters. The molecule has 264 valence electrons. The summed E-state index contributed by atoms with van der Waals surface area (Å²) in [5.74, 6) is 3.40. The van der Waals surface area contributed by atoms with Crippen molar-refractivity contribution < 1.29 is 45.0 Å². The van der Waals surface area contributed by atoms with E-state index < -0.39 is 36.0 Å².